The normalized spacial score (nSPS) is 24.4. The lowest BCUT2D eigenvalue weighted by Gasteiger charge is -2.35. The van der Waals surface area contributed by atoms with Gasteiger partial charge in [0.15, 0.2) is 0 Å². The van der Waals surface area contributed by atoms with E-state index in [2.05, 4.69) is 0 Å². The van der Waals surface area contributed by atoms with E-state index < -0.39 is 0 Å². The number of amides is 1. The molecule has 1 heterocycles. The molecule has 1 aliphatic heterocycles. The Morgan fingerprint density at radius 2 is 1.90 bits per heavy atom. The fourth-order valence-corrected chi connectivity index (χ4v) is 2.69. The average Bonchev–Trinajstić information content (AvgIpc) is 2.44. The van der Waals surface area contributed by atoms with Gasteiger partial charge in [-0.15, -0.1) is 0 Å². The lowest BCUT2D eigenvalue weighted by Crippen LogP contribution is -2.48. The summed E-state index contributed by atoms with van der Waals surface area (Å²) in [4.78, 5) is 14.1. The lowest BCUT2D eigenvalue weighted by molar-refractivity contribution is -0.143. The molecule has 4 nitrogen and oxygen atoms in total. The summed E-state index contributed by atoms with van der Waals surface area (Å²) in [6, 6.07) is 9.86. The number of benzene rings is 1. The fraction of sp³-hybridized carbons (Fsp3) is 0.562. The van der Waals surface area contributed by atoms with Gasteiger partial charge in [-0.2, -0.15) is 0 Å². The van der Waals surface area contributed by atoms with Gasteiger partial charge in [0, 0.05) is 25.6 Å². The highest BCUT2D eigenvalue weighted by Crippen LogP contribution is 2.17. The van der Waals surface area contributed by atoms with Crippen LogP contribution in [0.1, 0.15) is 38.3 Å². The van der Waals surface area contributed by atoms with Gasteiger partial charge in [-0.1, -0.05) is 30.3 Å². The van der Waals surface area contributed by atoms with E-state index in [9.17, 15) is 4.79 Å². The number of morpholine rings is 1. The van der Waals surface area contributed by atoms with Crippen LogP contribution in [0.3, 0.4) is 0 Å². The van der Waals surface area contributed by atoms with Gasteiger partial charge in [0.25, 0.3) is 0 Å². The smallest absolute Gasteiger partial charge is 0.222 e. The van der Waals surface area contributed by atoms with Gasteiger partial charge < -0.3 is 15.4 Å². The van der Waals surface area contributed by atoms with Crippen molar-refractivity contribution in [1.82, 2.24) is 4.90 Å². The third-order valence-electron chi connectivity index (χ3n) is 3.67. The Balaban J connectivity index is 1.83. The van der Waals surface area contributed by atoms with Crippen LogP contribution >= 0.6 is 0 Å². The van der Waals surface area contributed by atoms with Crippen LogP contribution in [-0.2, 0) is 9.53 Å². The summed E-state index contributed by atoms with van der Waals surface area (Å²) in [5.41, 5.74) is 7.22. The monoisotopic (exact) mass is 276 g/mol. The van der Waals surface area contributed by atoms with Crippen molar-refractivity contribution < 1.29 is 9.53 Å². The minimum Gasteiger partial charge on any atom is -0.372 e. The van der Waals surface area contributed by atoms with E-state index in [1.165, 1.54) is 0 Å². The molecular weight excluding hydrogens is 252 g/mol. The highest BCUT2D eigenvalue weighted by atomic mass is 16.5. The first-order chi connectivity index (χ1) is 9.56. The van der Waals surface area contributed by atoms with E-state index in [4.69, 9.17) is 10.5 Å². The van der Waals surface area contributed by atoms with Gasteiger partial charge in [-0.25, -0.2) is 0 Å². The zero-order valence-electron chi connectivity index (χ0n) is 12.3. The first-order valence-corrected chi connectivity index (χ1v) is 7.30. The Morgan fingerprint density at radius 1 is 1.30 bits per heavy atom. The highest BCUT2D eigenvalue weighted by Gasteiger charge is 2.25. The summed E-state index contributed by atoms with van der Waals surface area (Å²) in [7, 11) is 0. The number of carbonyl (C=O) groups is 1. The van der Waals surface area contributed by atoms with Crippen LogP contribution < -0.4 is 5.73 Å². The standard InChI is InChI=1S/C16H24N2O2/c1-12-10-18(11-13(2)20-12)16(19)9-8-15(17)14-6-4-3-5-7-14/h3-7,12-13,15H,8-11,17H2,1-2H3/t12-,13+,15-/m1/s1. The van der Waals surface area contributed by atoms with Gasteiger partial charge in [-0.05, 0) is 25.8 Å². The van der Waals surface area contributed by atoms with E-state index in [1.54, 1.807) is 0 Å². The summed E-state index contributed by atoms with van der Waals surface area (Å²) in [5.74, 6) is 0.179. The molecule has 0 saturated carbocycles. The highest BCUT2D eigenvalue weighted by molar-refractivity contribution is 5.76. The Bertz CT molecular complexity index is 425. The molecule has 1 amide bonds. The third-order valence-corrected chi connectivity index (χ3v) is 3.67. The van der Waals surface area contributed by atoms with Crippen molar-refractivity contribution in [3.05, 3.63) is 35.9 Å². The molecule has 1 fully saturated rings. The summed E-state index contributed by atoms with van der Waals surface area (Å²) >= 11 is 0. The molecule has 1 aromatic rings. The van der Waals surface area contributed by atoms with E-state index in [1.807, 2.05) is 49.1 Å². The first kappa shape index (κ1) is 15.0. The number of rotatable bonds is 4. The molecule has 1 saturated heterocycles. The predicted octanol–water partition coefficient (Wildman–Crippen LogP) is 2.10. The minimum absolute atomic E-state index is 0.0731. The Labute approximate surface area is 120 Å². The van der Waals surface area contributed by atoms with Crippen molar-refractivity contribution in [2.45, 2.75) is 44.9 Å². The van der Waals surface area contributed by atoms with Gasteiger partial charge in [0.05, 0.1) is 12.2 Å². The lowest BCUT2D eigenvalue weighted by atomic mass is 10.0. The molecule has 3 atom stereocenters. The first-order valence-electron chi connectivity index (χ1n) is 7.30. The summed E-state index contributed by atoms with van der Waals surface area (Å²) in [6.07, 6.45) is 1.41. The largest absolute Gasteiger partial charge is 0.372 e. The van der Waals surface area contributed by atoms with Crippen LogP contribution in [0.15, 0.2) is 30.3 Å². The fourth-order valence-electron chi connectivity index (χ4n) is 2.69. The van der Waals surface area contributed by atoms with Gasteiger partial charge in [-0.3, -0.25) is 4.79 Å². The Hall–Kier alpha value is -1.39. The number of nitrogens with zero attached hydrogens (tertiary/aromatic N) is 1. The number of nitrogens with two attached hydrogens (primary N) is 1. The second-order valence-corrected chi connectivity index (χ2v) is 5.61. The van der Waals surface area contributed by atoms with Crippen LogP contribution in [0.5, 0.6) is 0 Å². The van der Waals surface area contributed by atoms with Crippen molar-refractivity contribution >= 4 is 5.91 Å². The zero-order valence-corrected chi connectivity index (χ0v) is 12.3. The molecule has 1 aliphatic rings. The van der Waals surface area contributed by atoms with Crippen molar-refractivity contribution in [3.8, 4) is 0 Å². The summed E-state index contributed by atoms with van der Waals surface area (Å²) in [5, 5.41) is 0. The van der Waals surface area contributed by atoms with E-state index >= 15 is 0 Å². The maximum absolute atomic E-state index is 12.2. The third kappa shape index (κ3) is 4.05. The molecule has 0 bridgehead atoms. The molecule has 0 spiro atoms. The number of carbonyl (C=O) groups excluding carboxylic acids is 1. The van der Waals surface area contributed by atoms with Crippen molar-refractivity contribution in [3.63, 3.8) is 0 Å². The summed E-state index contributed by atoms with van der Waals surface area (Å²) in [6.45, 7) is 5.38. The quantitative estimate of drug-likeness (QED) is 0.916. The average molecular weight is 276 g/mol. The predicted molar refractivity (Wildman–Crippen MR) is 79.2 cm³/mol. The number of hydrogen-bond acceptors (Lipinski definition) is 3. The van der Waals surface area contributed by atoms with Crippen molar-refractivity contribution in [2.75, 3.05) is 13.1 Å². The van der Waals surface area contributed by atoms with E-state index in [0.717, 1.165) is 5.56 Å². The zero-order chi connectivity index (χ0) is 14.5. The molecule has 0 aliphatic carbocycles. The van der Waals surface area contributed by atoms with Gasteiger partial charge in [0.1, 0.15) is 0 Å². The number of ether oxygens (including phenoxy) is 1. The van der Waals surface area contributed by atoms with Gasteiger partial charge in [0.2, 0.25) is 5.91 Å². The molecule has 20 heavy (non-hydrogen) atoms. The summed E-state index contributed by atoms with van der Waals surface area (Å²) < 4.78 is 5.64. The molecule has 110 valence electrons. The van der Waals surface area contributed by atoms with Crippen molar-refractivity contribution in [2.24, 2.45) is 5.73 Å². The van der Waals surface area contributed by atoms with Gasteiger partial charge >= 0.3 is 0 Å². The maximum Gasteiger partial charge on any atom is 0.222 e. The van der Waals surface area contributed by atoms with E-state index in [0.29, 0.717) is 25.9 Å². The van der Waals surface area contributed by atoms with E-state index in [-0.39, 0.29) is 24.2 Å². The van der Waals surface area contributed by atoms with Crippen LogP contribution in [-0.4, -0.2) is 36.1 Å². The molecule has 0 unspecified atom stereocenters. The maximum atomic E-state index is 12.2. The second-order valence-electron chi connectivity index (χ2n) is 5.61. The van der Waals surface area contributed by atoms with Crippen LogP contribution in [0.2, 0.25) is 0 Å². The molecule has 0 radical (unpaired) electrons. The van der Waals surface area contributed by atoms with Crippen LogP contribution in [0.25, 0.3) is 0 Å². The molecule has 2 N–H and O–H groups in total. The van der Waals surface area contributed by atoms with Crippen LogP contribution in [0, 0.1) is 0 Å². The Morgan fingerprint density at radius 3 is 2.50 bits per heavy atom. The topological polar surface area (TPSA) is 55.6 Å². The molecule has 1 aromatic carbocycles. The van der Waals surface area contributed by atoms with Crippen molar-refractivity contribution in [1.29, 1.82) is 0 Å². The minimum atomic E-state index is -0.0731. The molecule has 0 aromatic heterocycles. The molecule has 2 rings (SSSR count). The molecule has 4 heteroatoms. The second kappa shape index (κ2) is 6.86. The number of hydrogen-bond donors (Lipinski definition) is 1. The molecular formula is C16H24N2O2. The van der Waals surface area contributed by atoms with Crippen LogP contribution in [0.4, 0.5) is 0 Å². The Kier molecular flexibility index (Phi) is 5.15. The SMILES string of the molecule is C[C@@H]1CN(C(=O)CC[C@@H](N)c2ccccc2)C[C@H](C)O1.